The van der Waals surface area contributed by atoms with E-state index in [1.54, 1.807) is 23.7 Å². The van der Waals surface area contributed by atoms with Gasteiger partial charge in [0, 0.05) is 21.6 Å². The van der Waals surface area contributed by atoms with Crippen LogP contribution in [0, 0.1) is 0 Å². The lowest BCUT2D eigenvalue weighted by atomic mass is 10.1. The van der Waals surface area contributed by atoms with Crippen LogP contribution < -0.4 is 5.32 Å². The zero-order valence-electron chi connectivity index (χ0n) is 17.5. The quantitative estimate of drug-likeness (QED) is 0.471. The van der Waals surface area contributed by atoms with E-state index in [9.17, 15) is 9.59 Å². The van der Waals surface area contributed by atoms with Gasteiger partial charge in [-0.25, -0.2) is 9.48 Å². The van der Waals surface area contributed by atoms with Crippen LogP contribution in [0.25, 0.3) is 5.69 Å². The Morgan fingerprint density at radius 3 is 2.45 bits per heavy atom. The second-order valence-electron chi connectivity index (χ2n) is 7.65. The van der Waals surface area contributed by atoms with E-state index in [0.29, 0.717) is 23.8 Å². The molecule has 1 aromatic heterocycles. The maximum Gasteiger partial charge on any atom is 0.358 e. The average molecular weight is 482 g/mol. The molecule has 0 aliphatic heterocycles. The molecule has 2 aromatic carbocycles. The fourth-order valence-electron chi connectivity index (χ4n) is 3.45. The molecule has 1 N–H and O–H groups in total. The summed E-state index contributed by atoms with van der Waals surface area (Å²) in [5.74, 6) is -0.149. The van der Waals surface area contributed by atoms with E-state index in [0.717, 1.165) is 34.3 Å². The number of ether oxygens (including phenoxy) is 1. The second-order valence-corrected chi connectivity index (χ2v) is 8.57. The molecular weight excluding hydrogens is 458 g/mol. The van der Waals surface area contributed by atoms with Crippen LogP contribution in [-0.2, 0) is 4.74 Å². The fraction of sp³-hybridized carbons (Fsp3) is 0.292. The number of rotatable bonds is 7. The predicted molar refractivity (Wildman–Crippen MR) is 122 cm³/mol. The van der Waals surface area contributed by atoms with Gasteiger partial charge in [-0.05, 0) is 74.7 Å². The number of benzene rings is 2. The molecule has 1 saturated carbocycles. The number of hydrogen-bond acceptors (Lipinski definition) is 4. The topological polar surface area (TPSA) is 73.2 Å². The van der Waals surface area contributed by atoms with Gasteiger partial charge in [0.15, 0.2) is 5.69 Å². The maximum atomic E-state index is 12.7. The minimum Gasteiger partial charge on any atom is -0.461 e. The summed E-state index contributed by atoms with van der Waals surface area (Å²) in [5.41, 5.74) is 3.73. The molecule has 0 spiro atoms. The first kappa shape index (κ1) is 21.3. The molecule has 160 valence electrons. The Hall–Kier alpha value is -2.93. The Balaban J connectivity index is 1.51. The molecule has 6 nitrogen and oxygen atoms in total. The van der Waals surface area contributed by atoms with Crippen molar-refractivity contribution in [2.24, 2.45) is 0 Å². The monoisotopic (exact) mass is 481 g/mol. The highest BCUT2D eigenvalue weighted by atomic mass is 79.9. The Bertz CT molecular complexity index is 1090. The molecule has 0 saturated heterocycles. The van der Waals surface area contributed by atoms with Crippen LogP contribution in [-0.4, -0.2) is 28.3 Å². The Labute approximate surface area is 189 Å². The third-order valence-electron chi connectivity index (χ3n) is 5.31. The molecular formula is C24H24BrN3O3. The summed E-state index contributed by atoms with van der Waals surface area (Å²) in [6.45, 7) is 4.04. The van der Waals surface area contributed by atoms with Crippen molar-refractivity contribution in [1.29, 1.82) is 0 Å². The Morgan fingerprint density at radius 1 is 1.16 bits per heavy atom. The smallest absolute Gasteiger partial charge is 0.358 e. The molecule has 1 fully saturated rings. The van der Waals surface area contributed by atoms with Crippen LogP contribution in [0.4, 0.5) is 0 Å². The fourth-order valence-corrected chi connectivity index (χ4v) is 3.71. The zero-order chi connectivity index (χ0) is 22.0. The van der Waals surface area contributed by atoms with E-state index < -0.39 is 5.97 Å². The molecule has 31 heavy (non-hydrogen) atoms. The van der Waals surface area contributed by atoms with E-state index in [2.05, 4.69) is 26.3 Å². The normalized spacial score (nSPS) is 14.2. The Morgan fingerprint density at radius 2 is 1.84 bits per heavy atom. The van der Waals surface area contributed by atoms with Gasteiger partial charge in [-0.1, -0.05) is 28.1 Å². The molecule has 1 atom stereocenters. The number of hydrogen-bond donors (Lipinski definition) is 1. The highest BCUT2D eigenvalue weighted by Gasteiger charge is 2.30. The SMILES string of the molecule is CCOC(=O)c1cc(C2CC2)n(-c2ccc(C(=O)N[C@@H](C)c3ccc(Br)cc3)cc2)n1. The lowest BCUT2D eigenvalue weighted by molar-refractivity contribution is 0.0518. The first-order chi connectivity index (χ1) is 15.0. The molecule has 3 aromatic rings. The summed E-state index contributed by atoms with van der Waals surface area (Å²) in [6.07, 6.45) is 2.17. The van der Waals surface area contributed by atoms with Gasteiger partial charge in [0.1, 0.15) is 0 Å². The second kappa shape index (κ2) is 9.06. The van der Waals surface area contributed by atoms with Crippen molar-refractivity contribution in [1.82, 2.24) is 15.1 Å². The van der Waals surface area contributed by atoms with E-state index in [1.807, 2.05) is 49.4 Å². The number of carbonyl (C=O) groups is 2. The van der Waals surface area contributed by atoms with Crippen molar-refractivity contribution >= 4 is 27.8 Å². The first-order valence-electron chi connectivity index (χ1n) is 10.4. The summed E-state index contributed by atoms with van der Waals surface area (Å²) in [4.78, 5) is 24.8. The van der Waals surface area contributed by atoms with Crippen LogP contribution in [0.5, 0.6) is 0 Å². The number of aromatic nitrogens is 2. The first-order valence-corrected chi connectivity index (χ1v) is 11.2. The molecule has 1 amide bonds. The van der Waals surface area contributed by atoms with Crippen molar-refractivity contribution < 1.29 is 14.3 Å². The molecule has 1 aliphatic rings. The lowest BCUT2D eigenvalue weighted by Crippen LogP contribution is -2.26. The largest absolute Gasteiger partial charge is 0.461 e. The van der Waals surface area contributed by atoms with Crippen LogP contribution in [0.3, 0.4) is 0 Å². The van der Waals surface area contributed by atoms with Crippen LogP contribution in [0.1, 0.15) is 70.8 Å². The molecule has 7 heteroatoms. The maximum absolute atomic E-state index is 12.7. The minimum atomic E-state index is -0.416. The summed E-state index contributed by atoms with van der Waals surface area (Å²) in [7, 11) is 0. The van der Waals surface area contributed by atoms with E-state index in [4.69, 9.17) is 4.74 Å². The molecule has 0 unspecified atom stereocenters. The average Bonchev–Trinajstić information content (AvgIpc) is 3.52. The van der Waals surface area contributed by atoms with E-state index in [1.165, 1.54) is 0 Å². The van der Waals surface area contributed by atoms with Crippen molar-refractivity contribution in [2.75, 3.05) is 6.61 Å². The third-order valence-corrected chi connectivity index (χ3v) is 5.84. The highest BCUT2D eigenvalue weighted by molar-refractivity contribution is 9.10. The van der Waals surface area contributed by atoms with Gasteiger partial charge < -0.3 is 10.1 Å². The molecule has 1 heterocycles. The van der Waals surface area contributed by atoms with Gasteiger partial charge in [-0.2, -0.15) is 5.10 Å². The molecule has 0 bridgehead atoms. The summed E-state index contributed by atoms with van der Waals surface area (Å²) in [5, 5.41) is 7.49. The summed E-state index contributed by atoms with van der Waals surface area (Å²) < 4.78 is 7.88. The number of amides is 1. The minimum absolute atomic E-state index is 0.111. The van der Waals surface area contributed by atoms with Crippen LogP contribution in [0.15, 0.2) is 59.1 Å². The number of esters is 1. The predicted octanol–water partition coefficient (Wildman–Crippen LogP) is 5.18. The van der Waals surface area contributed by atoms with Crippen molar-refractivity contribution in [3.63, 3.8) is 0 Å². The molecule has 4 rings (SSSR count). The molecule has 1 aliphatic carbocycles. The third kappa shape index (κ3) is 4.88. The van der Waals surface area contributed by atoms with Gasteiger partial charge in [0.2, 0.25) is 0 Å². The van der Waals surface area contributed by atoms with Crippen molar-refractivity contribution in [3.8, 4) is 5.69 Å². The van der Waals surface area contributed by atoms with Gasteiger partial charge in [0.25, 0.3) is 5.91 Å². The Kier molecular flexibility index (Phi) is 6.23. The van der Waals surface area contributed by atoms with Crippen molar-refractivity contribution in [3.05, 3.63) is 81.6 Å². The number of nitrogens with zero attached hydrogens (tertiary/aromatic N) is 2. The van der Waals surface area contributed by atoms with Gasteiger partial charge in [-0.3, -0.25) is 4.79 Å². The van der Waals surface area contributed by atoms with E-state index >= 15 is 0 Å². The van der Waals surface area contributed by atoms with Gasteiger partial charge in [-0.15, -0.1) is 0 Å². The summed E-state index contributed by atoms with van der Waals surface area (Å²) >= 11 is 3.42. The van der Waals surface area contributed by atoms with Crippen LogP contribution in [0.2, 0.25) is 0 Å². The zero-order valence-corrected chi connectivity index (χ0v) is 19.1. The summed E-state index contributed by atoms with van der Waals surface area (Å²) in [6, 6.07) is 16.9. The van der Waals surface area contributed by atoms with E-state index in [-0.39, 0.29) is 11.9 Å². The number of carbonyl (C=O) groups excluding carboxylic acids is 2. The lowest BCUT2D eigenvalue weighted by Gasteiger charge is -2.15. The van der Waals surface area contributed by atoms with Gasteiger partial charge >= 0.3 is 5.97 Å². The molecule has 0 radical (unpaired) electrons. The highest BCUT2D eigenvalue weighted by Crippen LogP contribution is 2.41. The van der Waals surface area contributed by atoms with Gasteiger partial charge in [0.05, 0.1) is 18.3 Å². The standard InChI is InChI=1S/C24H24BrN3O3/c1-3-31-24(30)21-14-22(17-4-5-17)28(27-21)20-12-8-18(9-13-20)23(29)26-15(2)16-6-10-19(25)11-7-16/h6-15,17H,3-5H2,1-2H3,(H,26,29)/t15-/m0/s1. The number of nitrogens with one attached hydrogen (secondary N) is 1. The van der Waals surface area contributed by atoms with Crippen molar-refractivity contribution in [2.45, 2.75) is 38.6 Å². The number of halogens is 1. The van der Waals surface area contributed by atoms with Crippen LogP contribution >= 0.6 is 15.9 Å².